The van der Waals surface area contributed by atoms with E-state index in [0.717, 1.165) is 96.3 Å². The van der Waals surface area contributed by atoms with E-state index in [4.69, 9.17) is 72.3 Å². The van der Waals surface area contributed by atoms with Crippen molar-refractivity contribution in [2.75, 3.05) is 32.8 Å². The van der Waals surface area contributed by atoms with Gasteiger partial charge in [-0.05, 0) is 208 Å². The third-order valence-corrected chi connectivity index (χ3v) is 28.2. The molecular formula is C108H153F6N9O21. The average molecular weight is 2030 g/mol. The van der Waals surface area contributed by atoms with Crippen LogP contribution in [0, 0.1) is 69.5 Å². The quantitative estimate of drug-likeness (QED) is 0.0730. The number of carboxylic acids is 1. The van der Waals surface area contributed by atoms with E-state index in [0.29, 0.717) is 95.0 Å². The van der Waals surface area contributed by atoms with E-state index < -0.39 is 155 Å². The summed E-state index contributed by atoms with van der Waals surface area (Å²) in [5.74, 6) is -6.72. The molecule has 18 atom stereocenters. The van der Waals surface area contributed by atoms with Crippen LogP contribution in [0.1, 0.15) is 299 Å². The highest BCUT2D eigenvalue weighted by atomic mass is 19.4. The minimum absolute atomic E-state index is 0. The number of aliphatic carboxylic acids is 1. The van der Waals surface area contributed by atoms with Crippen molar-refractivity contribution >= 4 is 86.6 Å². The first-order valence-electron chi connectivity index (χ1n) is 50.3. The van der Waals surface area contributed by atoms with Gasteiger partial charge in [0.25, 0.3) is 0 Å². The maximum atomic E-state index is 14.5. The van der Waals surface area contributed by atoms with E-state index in [2.05, 4.69) is 4.98 Å². The molecule has 0 radical (unpaired) electrons. The Morgan fingerprint density at radius 1 is 0.382 bits per heavy atom. The van der Waals surface area contributed by atoms with Gasteiger partial charge >= 0.3 is 48.2 Å². The number of aromatic hydroxyl groups is 1. The minimum atomic E-state index is -4.51. The molecule has 3 aromatic carbocycles. The maximum absolute atomic E-state index is 14.5. The molecule has 0 spiro atoms. The topological polar surface area (TPSA) is 373 Å². The van der Waals surface area contributed by atoms with Gasteiger partial charge in [-0.15, -0.1) is 0 Å². The predicted molar refractivity (Wildman–Crippen MR) is 527 cm³/mol. The van der Waals surface area contributed by atoms with E-state index in [1.807, 2.05) is 83.1 Å². The number of nitrogens with zero attached hydrogens (tertiary/aromatic N) is 9. The lowest BCUT2D eigenvalue weighted by molar-refractivity contribution is -0.167. The van der Waals surface area contributed by atoms with Crippen LogP contribution in [-0.4, -0.2) is 220 Å². The van der Waals surface area contributed by atoms with Crippen LogP contribution in [0.25, 0.3) is 33.1 Å². The van der Waals surface area contributed by atoms with E-state index in [1.54, 1.807) is 76.8 Å². The molecule has 15 rings (SSSR count). The number of ether oxygens (including phenoxy) is 10. The van der Waals surface area contributed by atoms with Crippen molar-refractivity contribution in [1.82, 2.24) is 44.6 Å². The second kappa shape index (κ2) is 47.0. The number of hydrogen-bond acceptors (Lipinski definition) is 26. The Morgan fingerprint density at radius 2 is 0.674 bits per heavy atom. The van der Waals surface area contributed by atoms with Crippen molar-refractivity contribution in [1.29, 1.82) is 0 Å². The van der Waals surface area contributed by atoms with Crippen molar-refractivity contribution < 1.29 is 127 Å². The summed E-state index contributed by atoms with van der Waals surface area (Å²) >= 11 is 0. The van der Waals surface area contributed by atoms with Crippen LogP contribution in [0.5, 0.6) is 34.9 Å². The van der Waals surface area contributed by atoms with Crippen LogP contribution < -0.4 is 23.7 Å². The van der Waals surface area contributed by atoms with Gasteiger partial charge in [0.15, 0.2) is 13.2 Å². The number of phenolic OH excluding ortho intramolecular Hbond substituents is 1. The average Bonchev–Trinajstić information content (AvgIpc) is 1.61. The lowest BCUT2D eigenvalue weighted by Gasteiger charge is -2.35. The number of esters is 5. The molecule has 6 aliphatic heterocycles. The lowest BCUT2D eigenvalue weighted by Crippen LogP contribution is -2.50. The fourth-order valence-electron chi connectivity index (χ4n) is 20.3. The standard InChI is InChI=1S/C37H50F3N3O7.C35H49N3O7.C33H42F3N3O7.3CH4/c1-8-23-29-19-43(31(23)34(46)50-36(5,6)7)33(45)24(35(2,3)4)18-30(44)48-28-16-21(28)12-10-9-11-13-26-32(49-29)42-27-17-22(14-15-25(27)41-26)47-20-37(38,39)40;1-8-22-28-19-38(30(22)33(42)45-35(5,6)7)32(41)23(34(2,3)4)18-29(40)43-27-16-20(27)12-10-9-11-13-25-31(44-28)37-26-17-21(39)14-15-24(26)36-25;1-5-20-26-16-39(28(20)31(42)43)30(41)21(32(2,3)4)15-27(40)45-25-13-18(25)9-7-6-8-10-23-29(46-26)38-24-14-19(11-12-22(24)37-23)44-17-33(34,35)36;;;/h14-15,17,21,23-24,28-29,31H,8-13,16,18-20H2,1-7H3;14-15,17,20,22-23,27-28,30,39H,8-13,16,18-19H2,1-7H3;11-12,14,18,20-21,25-26,28H,5-10,13,15-17H2,1-4H3,(H,42,43);3*1H4/t21-,23-,24-,28-,29+,31+;20-,22-,23-,27-,28+,30+;18-,20-,21-,25-,26+,28+;;;/m111.../s1. The molecule has 144 heavy (non-hydrogen) atoms. The summed E-state index contributed by atoms with van der Waals surface area (Å²) in [5.41, 5.74) is 1.05. The second-order valence-corrected chi connectivity index (χ2v) is 44.8. The van der Waals surface area contributed by atoms with Crippen LogP contribution in [0.4, 0.5) is 26.3 Å². The Morgan fingerprint density at radius 3 is 0.958 bits per heavy atom. The number of phenols is 1. The lowest BCUT2D eigenvalue weighted by atomic mass is 9.77. The number of rotatable bonds is 10. The number of hydrogen-bond donors (Lipinski definition) is 2. The molecule has 6 aromatic rings. The fourth-order valence-corrected chi connectivity index (χ4v) is 20.3. The number of benzene rings is 3. The molecule has 2 N–H and O–H groups in total. The Balaban J connectivity index is 0.000000220. The van der Waals surface area contributed by atoms with Crippen molar-refractivity contribution in [2.24, 2.45) is 69.5 Å². The van der Waals surface area contributed by atoms with Crippen LogP contribution in [0.2, 0.25) is 0 Å². The normalized spacial score (nSPS) is 27.1. The molecular weight excluding hydrogens is 1870 g/mol. The molecule has 0 unspecified atom stereocenters. The SMILES string of the molecule is C.C.C.CC[C@@H]1[C@@H]2CN(C(=O)[C@H](C(C)(C)C)CC(=O)O[C@@H]3C[C@H]3CCCCCc3nc4ccc(O)cc4nc3O2)[C@@H]1C(=O)OC(C)(C)C.CC[C@@H]1[C@@H]2CN(C(=O)[C@H](C(C)(C)C)CC(=O)O[C@@H]3C[C@H]3CCCCCc3nc4ccc(OCC(F)(F)F)cc4nc3O2)[C@@H]1C(=O)O.CC[C@@H]1[C@@H]2CN(C(=O)[C@H](C(C)(C)C)CC(=O)O[C@@H]3C[C@H]3CCCCCc3nc4ccc(OCC(F)(F)F)cc4nc3O2)[C@@H]1C(=O)OC(C)(C)C. The highest BCUT2D eigenvalue weighted by Crippen LogP contribution is 2.48. The molecule has 9 heterocycles. The molecule has 6 fully saturated rings. The summed E-state index contributed by atoms with van der Waals surface area (Å²) in [6, 6.07) is 10.5. The number of amides is 3. The molecule has 3 amide bonds. The Bertz CT molecular complexity index is 5510. The molecule has 3 saturated carbocycles. The van der Waals surface area contributed by atoms with Gasteiger partial charge in [0.05, 0.1) is 89.8 Å². The summed E-state index contributed by atoms with van der Waals surface area (Å²) in [6.07, 6.45) is 4.59. The predicted octanol–water partition coefficient (Wildman–Crippen LogP) is 20.4. The van der Waals surface area contributed by atoms with Crippen molar-refractivity contribution in [3.8, 4) is 34.9 Å². The van der Waals surface area contributed by atoms with Crippen LogP contribution >= 0.6 is 0 Å². The molecule has 3 saturated heterocycles. The van der Waals surface area contributed by atoms with Gasteiger partial charge in [-0.25, -0.2) is 44.3 Å². The zero-order valence-corrected chi connectivity index (χ0v) is 84.5. The van der Waals surface area contributed by atoms with Gasteiger partial charge < -0.3 is 72.3 Å². The third kappa shape index (κ3) is 30.1. The maximum Gasteiger partial charge on any atom is 0.422 e. The van der Waals surface area contributed by atoms with E-state index in [1.165, 1.54) is 34.1 Å². The van der Waals surface area contributed by atoms with Crippen LogP contribution in [0.3, 0.4) is 0 Å². The molecule has 36 heteroatoms. The van der Waals surface area contributed by atoms with Gasteiger partial charge in [0.1, 0.15) is 100 Å². The molecule has 3 aliphatic carbocycles. The summed E-state index contributed by atoms with van der Waals surface area (Å²) < 4.78 is 136. The molecule has 3 aromatic heterocycles. The molecule has 30 nitrogen and oxygen atoms in total. The Hall–Kier alpha value is -10.7. The first kappa shape index (κ1) is 115. The van der Waals surface area contributed by atoms with E-state index in [9.17, 15) is 79.7 Å². The van der Waals surface area contributed by atoms with Crippen molar-refractivity contribution in [2.45, 2.75) is 379 Å². The number of halogens is 6. The van der Waals surface area contributed by atoms with Gasteiger partial charge in [-0.3, -0.25) is 28.8 Å². The van der Waals surface area contributed by atoms with Crippen molar-refractivity contribution in [3.05, 3.63) is 71.7 Å². The van der Waals surface area contributed by atoms with Crippen LogP contribution in [-0.2, 0) is 86.1 Å². The summed E-state index contributed by atoms with van der Waals surface area (Å²) in [5, 5.41) is 20.5. The number of fused-ring (bicyclic) bond motifs is 15. The summed E-state index contributed by atoms with van der Waals surface area (Å²) in [7, 11) is 0. The van der Waals surface area contributed by atoms with Gasteiger partial charge in [0.2, 0.25) is 35.4 Å². The van der Waals surface area contributed by atoms with Crippen molar-refractivity contribution in [3.63, 3.8) is 0 Å². The number of aromatic nitrogens is 6. The number of carboxylic acid groups (broad SMARTS) is 1. The summed E-state index contributed by atoms with van der Waals surface area (Å²) in [6.45, 7) is 30.6. The first-order valence-corrected chi connectivity index (χ1v) is 50.3. The van der Waals surface area contributed by atoms with E-state index >= 15 is 0 Å². The fraction of sp³-hybridized carbons (Fsp3) is 0.694. The zero-order valence-electron chi connectivity index (χ0n) is 84.5. The highest BCUT2D eigenvalue weighted by molar-refractivity contribution is 5.92. The van der Waals surface area contributed by atoms with Gasteiger partial charge in [0, 0.05) is 36.0 Å². The zero-order chi connectivity index (χ0) is 103. The van der Waals surface area contributed by atoms with E-state index in [-0.39, 0.29) is 150 Å². The minimum Gasteiger partial charge on any atom is -0.508 e. The largest absolute Gasteiger partial charge is 0.508 e. The third-order valence-electron chi connectivity index (χ3n) is 28.2. The van der Waals surface area contributed by atoms with Crippen LogP contribution in [0.15, 0.2) is 54.6 Å². The number of alkyl halides is 6. The Labute approximate surface area is 842 Å². The Kier molecular flexibility index (Phi) is 37.6. The second-order valence-electron chi connectivity index (χ2n) is 44.8. The molecule has 798 valence electrons. The number of aryl methyl sites for hydroxylation is 3. The highest BCUT2D eigenvalue weighted by Gasteiger charge is 2.58. The molecule has 6 bridgehead atoms. The number of carbonyl (C=O) groups excluding carboxylic acids is 8. The number of carbonyl (C=O) groups is 9. The van der Waals surface area contributed by atoms with Gasteiger partial charge in [-0.2, -0.15) is 26.3 Å². The smallest absolute Gasteiger partial charge is 0.422 e. The first-order chi connectivity index (χ1) is 66.1. The molecule has 9 aliphatic rings. The van der Waals surface area contributed by atoms with Gasteiger partial charge in [-0.1, -0.05) is 144 Å². The monoisotopic (exact) mass is 2030 g/mol. The summed E-state index contributed by atoms with van der Waals surface area (Å²) in [4.78, 5) is 156.